The molecule has 8 heteroatoms. The summed E-state index contributed by atoms with van der Waals surface area (Å²) >= 11 is 0. The van der Waals surface area contributed by atoms with Crippen LogP contribution in [0.5, 0.6) is 0 Å². The van der Waals surface area contributed by atoms with E-state index in [9.17, 15) is 9.59 Å². The molecule has 7 nitrogen and oxygen atoms in total. The third kappa shape index (κ3) is 5.68. The number of nitrogens with one attached hydrogen (secondary N) is 2. The molecule has 0 aromatic heterocycles. The highest BCUT2D eigenvalue weighted by Gasteiger charge is 2.38. The zero-order valence-corrected chi connectivity index (χ0v) is 20.9. The summed E-state index contributed by atoms with van der Waals surface area (Å²) in [5, 5.41) is 14.7. The monoisotopic (exact) mass is 492 g/mol. The molecule has 2 N–H and O–H groups in total. The number of urea groups is 1. The minimum atomic E-state index is -1.53. The number of alkyl halides is 1. The fourth-order valence-electron chi connectivity index (χ4n) is 4.95. The Morgan fingerprint density at radius 2 is 1.94 bits per heavy atom. The molecule has 2 aliphatic rings. The third-order valence-corrected chi connectivity index (χ3v) is 7.20. The highest BCUT2D eigenvalue weighted by atomic mass is 19.1. The Bertz CT molecular complexity index is 1140. The lowest BCUT2D eigenvalue weighted by Crippen LogP contribution is -2.43. The molecule has 2 saturated heterocycles. The summed E-state index contributed by atoms with van der Waals surface area (Å²) in [4.78, 5) is 27.6. The number of benzene rings is 2. The molecule has 2 fully saturated rings. The number of hydrogen-bond acceptors (Lipinski definition) is 4. The topological polar surface area (TPSA) is 94.5 Å². The second-order valence-electron chi connectivity index (χ2n) is 9.59. The number of nitrogens with zero attached hydrogens (tertiary/aromatic N) is 2. The molecule has 1 atom stereocenters. The lowest BCUT2D eigenvalue weighted by molar-refractivity contribution is 0.0421. The standard InChI is InChI=1S/C28H33FN4O3/c1-3-21-15-19(2)24(16-25(21)32-27(35)31-18-23-5-4-14-36-23)26(34)33-12-10-28(29,11-13-33)22-8-6-20(17-30)7-9-22/h6-9,15-16,23H,3-5,10-14,18H2,1-2H3,(H2,31,32,35)/t23-/m1/s1. The van der Waals surface area contributed by atoms with Crippen LogP contribution in [0.15, 0.2) is 36.4 Å². The first-order chi connectivity index (χ1) is 17.3. The van der Waals surface area contributed by atoms with Gasteiger partial charge in [0.1, 0.15) is 5.67 Å². The van der Waals surface area contributed by atoms with Crippen LogP contribution in [-0.4, -0.2) is 49.2 Å². The zero-order valence-electron chi connectivity index (χ0n) is 20.9. The second-order valence-corrected chi connectivity index (χ2v) is 9.59. The molecule has 0 aliphatic carbocycles. The van der Waals surface area contributed by atoms with Crippen molar-refractivity contribution in [3.63, 3.8) is 0 Å². The van der Waals surface area contributed by atoms with E-state index in [0.717, 1.165) is 30.6 Å². The smallest absolute Gasteiger partial charge is 0.319 e. The zero-order chi connectivity index (χ0) is 25.7. The maximum Gasteiger partial charge on any atom is 0.319 e. The first-order valence-electron chi connectivity index (χ1n) is 12.6. The first-order valence-corrected chi connectivity index (χ1v) is 12.6. The largest absolute Gasteiger partial charge is 0.376 e. The van der Waals surface area contributed by atoms with E-state index in [1.807, 2.05) is 26.0 Å². The van der Waals surface area contributed by atoms with Gasteiger partial charge in [-0.2, -0.15) is 5.26 Å². The minimum absolute atomic E-state index is 0.0440. The van der Waals surface area contributed by atoms with Gasteiger partial charge in [-0.1, -0.05) is 25.1 Å². The van der Waals surface area contributed by atoms with Gasteiger partial charge in [-0.25, -0.2) is 9.18 Å². The molecule has 2 heterocycles. The van der Waals surface area contributed by atoms with Crippen molar-refractivity contribution in [3.05, 3.63) is 64.2 Å². The number of amides is 3. The second kappa shape index (κ2) is 11.1. The van der Waals surface area contributed by atoms with Crippen LogP contribution >= 0.6 is 0 Å². The maximum absolute atomic E-state index is 15.7. The van der Waals surface area contributed by atoms with Crippen molar-refractivity contribution in [2.24, 2.45) is 0 Å². The number of rotatable bonds is 6. The molecule has 0 radical (unpaired) electrons. The summed E-state index contributed by atoms with van der Waals surface area (Å²) in [6, 6.07) is 12.0. The molecule has 0 bridgehead atoms. The van der Waals surface area contributed by atoms with E-state index in [2.05, 4.69) is 10.6 Å². The van der Waals surface area contributed by atoms with Gasteiger partial charge in [-0.15, -0.1) is 0 Å². The SMILES string of the molecule is CCc1cc(C)c(C(=O)N2CCC(F)(c3ccc(C#N)cc3)CC2)cc1NC(=O)NC[C@H]1CCCO1. The Balaban J connectivity index is 1.43. The van der Waals surface area contributed by atoms with Crippen LogP contribution in [0.1, 0.15) is 65.2 Å². The van der Waals surface area contributed by atoms with Crippen LogP contribution in [0, 0.1) is 18.3 Å². The predicted octanol–water partition coefficient (Wildman–Crippen LogP) is 4.83. The van der Waals surface area contributed by atoms with E-state index in [0.29, 0.717) is 35.3 Å². The quantitative estimate of drug-likeness (QED) is 0.604. The van der Waals surface area contributed by atoms with Crippen molar-refractivity contribution < 1.29 is 18.7 Å². The molecule has 0 saturated carbocycles. The number of carbonyl (C=O) groups excluding carboxylic acids is 2. The van der Waals surface area contributed by atoms with Crippen LogP contribution in [-0.2, 0) is 16.8 Å². The lowest BCUT2D eigenvalue weighted by atomic mass is 9.85. The summed E-state index contributed by atoms with van der Waals surface area (Å²) in [5.41, 5.74) is 2.38. The van der Waals surface area contributed by atoms with Crippen LogP contribution in [0.2, 0.25) is 0 Å². The Labute approximate surface area is 211 Å². The first kappa shape index (κ1) is 25.6. The molecule has 0 unspecified atom stereocenters. The number of carbonyl (C=O) groups is 2. The van der Waals surface area contributed by atoms with Gasteiger partial charge in [0.25, 0.3) is 5.91 Å². The van der Waals surface area contributed by atoms with Crippen molar-refractivity contribution >= 4 is 17.6 Å². The molecule has 2 aromatic carbocycles. The summed E-state index contributed by atoms with van der Waals surface area (Å²) in [6.07, 6.45) is 3.06. The fourth-order valence-corrected chi connectivity index (χ4v) is 4.95. The summed E-state index contributed by atoms with van der Waals surface area (Å²) in [5.74, 6) is -0.167. The normalized spacial score (nSPS) is 18.9. The van der Waals surface area contributed by atoms with Crippen molar-refractivity contribution in [2.45, 2.75) is 57.7 Å². The van der Waals surface area contributed by atoms with Gasteiger partial charge < -0.3 is 20.3 Å². The van der Waals surface area contributed by atoms with Gasteiger partial charge in [0.2, 0.25) is 0 Å². The lowest BCUT2D eigenvalue weighted by Gasteiger charge is -2.37. The average Bonchev–Trinajstić information content (AvgIpc) is 3.42. The van der Waals surface area contributed by atoms with Crippen LogP contribution in [0.25, 0.3) is 0 Å². The van der Waals surface area contributed by atoms with Crippen LogP contribution < -0.4 is 10.6 Å². The molecule has 4 rings (SSSR count). The van der Waals surface area contributed by atoms with E-state index in [-0.39, 0.29) is 44.0 Å². The molecular weight excluding hydrogens is 459 g/mol. The van der Waals surface area contributed by atoms with Gasteiger partial charge in [0.05, 0.1) is 17.7 Å². The number of hydrogen-bond donors (Lipinski definition) is 2. The molecule has 2 aliphatic heterocycles. The van der Waals surface area contributed by atoms with E-state index >= 15 is 4.39 Å². The van der Waals surface area contributed by atoms with Gasteiger partial charge in [-0.3, -0.25) is 4.79 Å². The highest BCUT2D eigenvalue weighted by Crippen LogP contribution is 2.37. The fraction of sp³-hybridized carbons (Fsp3) is 0.464. The average molecular weight is 493 g/mol. The van der Waals surface area contributed by atoms with Gasteiger partial charge in [0, 0.05) is 50.3 Å². The summed E-state index contributed by atoms with van der Waals surface area (Å²) in [7, 11) is 0. The number of anilines is 1. The number of nitriles is 1. The molecule has 190 valence electrons. The van der Waals surface area contributed by atoms with Gasteiger partial charge in [-0.05, 0) is 61.1 Å². The highest BCUT2D eigenvalue weighted by molar-refractivity contribution is 5.98. The molecule has 36 heavy (non-hydrogen) atoms. The predicted molar refractivity (Wildman–Crippen MR) is 136 cm³/mol. The Morgan fingerprint density at radius 1 is 1.22 bits per heavy atom. The van der Waals surface area contributed by atoms with Crippen molar-refractivity contribution in [1.29, 1.82) is 5.26 Å². The Kier molecular flexibility index (Phi) is 7.90. The van der Waals surface area contributed by atoms with E-state index in [4.69, 9.17) is 10.00 Å². The summed E-state index contributed by atoms with van der Waals surface area (Å²) < 4.78 is 21.2. The van der Waals surface area contributed by atoms with Gasteiger partial charge in [0.15, 0.2) is 0 Å². The van der Waals surface area contributed by atoms with Crippen molar-refractivity contribution in [2.75, 3.05) is 31.6 Å². The van der Waals surface area contributed by atoms with Crippen LogP contribution in [0.4, 0.5) is 14.9 Å². The Morgan fingerprint density at radius 3 is 2.56 bits per heavy atom. The van der Waals surface area contributed by atoms with Gasteiger partial charge >= 0.3 is 6.03 Å². The van der Waals surface area contributed by atoms with Crippen molar-refractivity contribution in [3.8, 4) is 6.07 Å². The maximum atomic E-state index is 15.7. The molecular formula is C28H33FN4O3. The number of halogens is 1. The van der Waals surface area contributed by atoms with Crippen molar-refractivity contribution in [1.82, 2.24) is 10.2 Å². The minimum Gasteiger partial charge on any atom is -0.376 e. The number of ether oxygens (including phenoxy) is 1. The molecule has 3 amide bonds. The molecule has 0 spiro atoms. The molecule has 2 aromatic rings. The third-order valence-electron chi connectivity index (χ3n) is 7.20. The number of likely N-dealkylation sites (tertiary alicyclic amines) is 1. The summed E-state index contributed by atoms with van der Waals surface area (Å²) in [6.45, 7) is 5.63. The van der Waals surface area contributed by atoms with E-state index in [1.54, 1.807) is 35.2 Å². The number of piperidine rings is 1. The van der Waals surface area contributed by atoms with E-state index < -0.39 is 5.67 Å². The van der Waals surface area contributed by atoms with Crippen LogP contribution in [0.3, 0.4) is 0 Å². The number of aryl methyl sites for hydroxylation is 2. The van der Waals surface area contributed by atoms with E-state index in [1.165, 1.54) is 0 Å². The Hall–Kier alpha value is -3.44.